The molecule has 2 unspecified atom stereocenters. The van der Waals surface area contributed by atoms with Crippen molar-refractivity contribution in [3.63, 3.8) is 0 Å². The Bertz CT molecular complexity index is 1090. The average molecular weight is 549 g/mol. The highest BCUT2D eigenvalue weighted by Crippen LogP contribution is 2.45. The van der Waals surface area contributed by atoms with Gasteiger partial charge in [-0.1, -0.05) is 18.2 Å². The lowest BCUT2D eigenvalue weighted by Gasteiger charge is -2.34. The number of rotatable bonds is 3. The summed E-state index contributed by atoms with van der Waals surface area (Å²) in [6.45, 7) is 1.93. The van der Waals surface area contributed by atoms with Gasteiger partial charge in [0.1, 0.15) is 0 Å². The minimum absolute atomic E-state index is 0.213. The number of piperidine rings is 1. The second kappa shape index (κ2) is 8.12. The van der Waals surface area contributed by atoms with E-state index in [0.29, 0.717) is 5.92 Å². The fourth-order valence-electron chi connectivity index (χ4n) is 4.14. The lowest BCUT2D eigenvalue weighted by Crippen LogP contribution is -2.41. The van der Waals surface area contributed by atoms with Gasteiger partial charge in [0.15, 0.2) is 0 Å². The molecule has 0 bridgehead atoms. The van der Waals surface area contributed by atoms with Crippen molar-refractivity contribution in [3.05, 3.63) is 77.5 Å². The van der Waals surface area contributed by atoms with Gasteiger partial charge < -0.3 is 4.90 Å². The topological polar surface area (TPSA) is 18.8 Å². The predicted octanol–water partition coefficient (Wildman–Crippen LogP) is 6.90. The van der Waals surface area contributed by atoms with Crippen LogP contribution >= 0.6 is 54.5 Å². The van der Waals surface area contributed by atoms with Crippen molar-refractivity contribution in [2.45, 2.75) is 6.04 Å². The fraction of sp³-hybridized carbons (Fsp3) is 0.227. The van der Waals surface area contributed by atoms with Gasteiger partial charge in [0.05, 0.1) is 25.0 Å². The number of hydrogen-bond acceptors (Lipinski definition) is 5. The van der Waals surface area contributed by atoms with Crippen molar-refractivity contribution in [1.29, 1.82) is 0 Å². The average Bonchev–Trinajstić information content (AvgIpc) is 3.41. The number of anilines is 1. The quantitative estimate of drug-likeness (QED) is 0.354. The lowest BCUT2D eigenvalue weighted by atomic mass is 9.86. The standard InChI is InChI=1S/C22H19Br2N3S2/c1-26-12-14(11-16-7-9-19(23)28-16)21-17(13-26)22(18-8-10-20(24)29-18)27(25-21)15-5-3-2-4-6-15/h2-11,17,22H,12-13H2,1H3/b14-11+. The Balaban J connectivity index is 1.61. The summed E-state index contributed by atoms with van der Waals surface area (Å²) in [5.74, 6) is 0.342. The summed E-state index contributed by atoms with van der Waals surface area (Å²) >= 11 is 10.8. The Hall–Kier alpha value is -1.25. The predicted molar refractivity (Wildman–Crippen MR) is 132 cm³/mol. The van der Waals surface area contributed by atoms with Crippen LogP contribution in [0.15, 0.2) is 72.8 Å². The molecule has 3 aromatic rings. The van der Waals surface area contributed by atoms with Gasteiger partial charge in [0.2, 0.25) is 0 Å². The highest BCUT2D eigenvalue weighted by atomic mass is 79.9. The zero-order valence-corrected chi connectivity index (χ0v) is 20.6. The molecular formula is C22H19Br2N3S2. The van der Waals surface area contributed by atoms with Crippen LogP contribution in [-0.2, 0) is 0 Å². The number of hydrogen-bond donors (Lipinski definition) is 0. The Kier molecular flexibility index (Phi) is 5.51. The summed E-state index contributed by atoms with van der Waals surface area (Å²) < 4.78 is 2.32. The molecule has 5 rings (SSSR count). The van der Waals surface area contributed by atoms with Gasteiger partial charge in [-0.3, -0.25) is 5.01 Å². The molecule has 0 aliphatic carbocycles. The molecule has 0 amide bonds. The maximum Gasteiger partial charge on any atom is 0.0964 e. The molecule has 2 atom stereocenters. The van der Waals surface area contributed by atoms with Crippen molar-refractivity contribution < 1.29 is 0 Å². The SMILES string of the molecule is CN1C/C(=C\c2ccc(Br)s2)C2=NN(c3ccccc3)C(c3ccc(Br)s3)C2C1. The maximum atomic E-state index is 5.21. The summed E-state index contributed by atoms with van der Waals surface area (Å²) in [6.07, 6.45) is 2.31. The van der Waals surface area contributed by atoms with E-state index in [1.807, 2.05) is 11.3 Å². The molecule has 0 spiro atoms. The van der Waals surface area contributed by atoms with Crippen molar-refractivity contribution in [3.8, 4) is 0 Å². The molecule has 3 nitrogen and oxygen atoms in total. The monoisotopic (exact) mass is 547 g/mol. The van der Waals surface area contributed by atoms with Gasteiger partial charge in [0, 0.05) is 28.8 Å². The van der Waals surface area contributed by atoms with E-state index in [9.17, 15) is 0 Å². The van der Waals surface area contributed by atoms with E-state index < -0.39 is 0 Å². The molecule has 0 radical (unpaired) electrons. The van der Waals surface area contributed by atoms with E-state index in [4.69, 9.17) is 5.10 Å². The first-order valence-electron chi connectivity index (χ1n) is 9.41. The summed E-state index contributed by atoms with van der Waals surface area (Å²) in [6, 6.07) is 19.4. The first-order chi connectivity index (χ1) is 14.1. The third kappa shape index (κ3) is 3.91. The molecule has 4 heterocycles. The van der Waals surface area contributed by atoms with E-state index >= 15 is 0 Å². The summed E-state index contributed by atoms with van der Waals surface area (Å²) in [5, 5.41) is 7.44. The first kappa shape index (κ1) is 19.7. The van der Waals surface area contributed by atoms with Crippen LogP contribution in [0, 0.1) is 5.92 Å². The van der Waals surface area contributed by atoms with Crippen molar-refractivity contribution in [2.75, 3.05) is 25.1 Å². The number of para-hydroxylation sites is 1. The molecule has 1 fully saturated rings. The number of halogens is 2. The van der Waals surface area contributed by atoms with Gasteiger partial charge >= 0.3 is 0 Å². The van der Waals surface area contributed by atoms with E-state index in [0.717, 1.165) is 26.3 Å². The largest absolute Gasteiger partial charge is 0.301 e. The second-order valence-corrected chi connectivity index (χ2v) is 12.4. The molecule has 29 heavy (non-hydrogen) atoms. The normalized spacial score (nSPS) is 23.5. The van der Waals surface area contributed by atoms with Crippen molar-refractivity contribution in [1.82, 2.24) is 4.90 Å². The van der Waals surface area contributed by atoms with Gasteiger partial charge in [-0.05, 0) is 87.0 Å². The van der Waals surface area contributed by atoms with Gasteiger partial charge in [-0.15, -0.1) is 22.7 Å². The minimum atomic E-state index is 0.213. The number of thiophene rings is 2. The number of likely N-dealkylation sites (N-methyl/N-ethyl adjacent to an activating group) is 1. The van der Waals surface area contributed by atoms with Crippen molar-refractivity contribution in [2.24, 2.45) is 11.0 Å². The zero-order valence-electron chi connectivity index (χ0n) is 15.8. The maximum absolute atomic E-state index is 5.21. The van der Waals surface area contributed by atoms with Gasteiger partial charge in [0.25, 0.3) is 0 Å². The lowest BCUT2D eigenvalue weighted by molar-refractivity contribution is 0.304. The van der Waals surface area contributed by atoms with Gasteiger partial charge in [-0.2, -0.15) is 5.10 Å². The van der Waals surface area contributed by atoms with Gasteiger partial charge in [-0.25, -0.2) is 0 Å². The van der Waals surface area contributed by atoms with Crippen LogP contribution in [0.3, 0.4) is 0 Å². The molecule has 0 saturated carbocycles. The molecule has 7 heteroatoms. The third-order valence-electron chi connectivity index (χ3n) is 5.31. The zero-order chi connectivity index (χ0) is 20.0. The molecule has 2 aliphatic rings. The Labute approximate surface area is 195 Å². The smallest absolute Gasteiger partial charge is 0.0964 e. The van der Waals surface area contributed by atoms with Crippen LogP contribution in [0.1, 0.15) is 15.8 Å². The minimum Gasteiger partial charge on any atom is -0.301 e. The number of fused-ring (bicyclic) bond motifs is 1. The van der Waals surface area contributed by atoms with E-state index in [1.165, 1.54) is 21.0 Å². The van der Waals surface area contributed by atoms with Crippen LogP contribution in [0.4, 0.5) is 5.69 Å². The molecule has 2 aromatic heterocycles. The highest BCUT2D eigenvalue weighted by Gasteiger charge is 2.44. The fourth-order valence-corrected chi connectivity index (χ4v) is 7.10. The Morgan fingerprint density at radius 2 is 1.76 bits per heavy atom. The van der Waals surface area contributed by atoms with E-state index in [-0.39, 0.29) is 6.04 Å². The van der Waals surface area contributed by atoms with Crippen LogP contribution < -0.4 is 5.01 Å². The van der Waals surface area contributed by atoms with Crippen LogP contribution in [0.2, 0.25) is 0 Å². The van der Waals surface area contributed by atoms with E-state index in [2.05, 4.69) is 109 Å². The third-order valence-corrected chi connectivity index (χ3v) is 8.57. The van der Waals surface area contributed by atoms with Crippen LogP contribution in [-0.4, -0.2) is 30.7 Å². The molecule has 1 saturated heterocycles. The molecule has 1 aromatic carbocycles. The number of likely N-dealkylation sites (tertiary alicyclic amines) is 1. The Morgan fingerprint density at radius 3 is 2.45 bits per heavy atom. The molecular weight excluding hydrogens is 530 g/mol. The number of benzene rings is 1. The Morgan fingerprint density at radius 1 is 1.00 bits per heavy atom. The molecule has 148 valence electrons. The molecule has 2 aliphatic heterocycles. The summed E-state index contributed by atoms with van der Waals surface area (Å²) in [7, 11) is 2.21. The molecule has 0 N–H and O–H groups in total. The number of nitrogens with zero attached hydrogens (tertiary/aromatic N) is 3. The first-order valence-corrected chi connectivity index (χ1v) is 12.6. The van der Waals surface area contributed by atoms with E-state index in [1.54, 1.807) is 11.3 Å². The highest BCUT2D eigenvalue weighted by molar-refractivity contribution is 9.11. The van der Waals surface area contributed by atoms with Crippen molar-refractivity contribution >= 4 is 72.0 Å². The number of hydrazone groups is 1. The summed E-state index contributed by atoms with van der Waals surface area (Å²) in [5.41, 5.74) is 3.69. The summed E-state index contributed by atoms with van der Waals surface area (Å²) in [4.78, 5) is 5.03. The van der Waals surface area contributed by atoms with Crippen LogP contribution in [0.25, 0.3) is 6.08 Å². The van der Waals surface area contributed by atoms with Crippen LogP contribution in [0.5, 0.6) is 0 Å². The second-order valence-electron chi connectivity index (χ2n) is 7.37.